The summed E-state index contributed by atoms with van der Waals surface area (Å²) in [7, 11) is 0. The summed E-state index contributed by atoms with van der Waals surface area (Å²) in [6.07, 6.45) is -1.23. The van der Waals surface area contributed by atoms with E-state index in [1.807, 2.05) is 4.57 Å². The molecule has 0 radical (unpaired) electrons. The number of hydrogen-bond donors (Lipinski definition) is 2. The minimum Gasteiger partial charge on any atom is -0.306 e. The Morgan fingerprint density at radius 1 is 1.32 bits per heavy atom. The van der Waals surface area contributed by atoms with E-state index in [-0.39, 0.29) is 6.04 Å². The quantitative estimate of drug-likeness (QED) is 0.651. The van der Waals surface area contributed by atoms with Crippen LogP contribution in [0, 0.1) is 0 Å². The number of alkyl halides is 3. The summed E-state index contributed by atoms with van der Waals surface area (Å²) in [5.74, 6) is 5.82. The first-order valence-corrected chi connectivity index (χ1v) is 6.06. The number of fused-ring (bicyclic) bond motifs is 1. The van der Waals surface area contributed by atoms with Crippen molar-refractivity contribution in [3.05, 3.63) is 23.8 Å². The van der Waals surface area contributed by atoms with E-state index in [0.29, 0.717) is 17.0 Å². The molecule has 1 saturated carbocycles. The van der Waals surface area contributed by atoms with Gasteiger partial charge in [0.2, 0.25) is 5.95 Å². The van der Waals surface area contributed by atoms with Crippen LogP contribution in [0.4, 0.5) is 19.1 Å². The summed E-state index contributed by atoms with van der Waals surface area (Å²) in [4.78, 5) is 4.14. The van der Waals surface area contributed by atoms with Gasteiger partial charge in [-0.05, 0) is 37.5 Å². The summed E-state index contributed by atoms with van der Waals surface area (Å²) in [5, 5.41) is 0. The van der Waals surface area contributed by atoms with Gasteiger partial charge in [-0.2, -0.15) is 13.2 Å². The topological polar surface area (TPSA) is 55.9 Å². The molecular weight excluding hydrogens is 257 g/mol. The number of nitrogen functional groups attached to an aromatic ring is 1. The lowest BCUT2D eigenvalue weighted by atomic mass is 9.93. The van der Waals surface area contributed by atoms with Crippen molar-refractivity contribution in [2.24, 2.45) is 5.84 Å². The Bertz CT molecular complexity index is 613. The zero-order chi connectivity index (χ0) is 13.6. The van der Waals surface area contributed by atoms with E-state index < -0.39 is 11.7 Å². The fraction of sp³-hybridized carbons (Fsp3) is 0.417. The van der Waals surface area contributed by atoms with E-state index in [4.69, 9.17) is 5.84 Å². The number of imidazole rings is 1. The number of rotatable bonds is 2. The molecule has 1 aliphatic rings. The summed E-state index contributed by atoms with van der Waals surface area (Å²) < 4.78 is 39.9. The van der Waals surface area contributed by atoms with Gasteiger partial charge < -0.3 is 4.57 Å². The zero-order valence-corrected chi connectivity index (χ0v) is 10.0. The van der Waals surface area contributed by atoms with Crippen molar-refractivity contribution in [3.63, 3.8) is 0 Å². The molecule has 0 saturated heterocycles. The molecule has 7 heteroatoms. The maximum Gasteiger partial charge on any atom is 0.416 e. The number of nitrogens with two attached hydrogens (primary N) is 1. The second-order valence-electron chi connectivity index (χ2n) is 4.74. The van der Waals surface area contributed by atoms with Crippen LogP contribution in [0.1, 0.15) is 30.9 Å². The number of halogens is 3. The lowest BCUT2D eigenvalue weighted by Gasteiger charge is -2.28. The Balaban J connectivity index is 2.15. The first-order chi connectivity index (χ1) is 9.00. The second kappa shape index (κ2) is 4.12. The normalized spacial score (nSPS) is 16.6. The average Bonchev–Trinajstić information content (AvgIpc) is 2.64. The van der Waals surface area contributed by atoms with Gasteiger partial charge in [-0.1, -0.05) is 0 Å². The van der Waals surface area contributed by atoms with Crippen molar-refractivity contribution >= 4 is 17.0 Å². The van der Waals surface area contributed by atoms with Crippen molar-refractivity contribution in [2.45, 2.75) is 31.5 Å². The van der Waals surface area contributed by atoms with Gasteiger partial charge in [0.05, 0.1) is 16.6 Å². The van der Waals surface area contributed by atoms with E-state index >= 15 is 0 Å². The van der Waals surface area contributed by atoms with Gasteiger partial charge in [0.25, 0.3) is 0 Å². The van der Waals surface area contributed by atoms with Gasteiger partial charge in [0, 0.05) is 6.04 Å². The number of hydrazine groups is 1. The molecule has 1 aromatic carbocycles. The molecule has 0 spiro atoms. The first-order valence-electron chi connectivity index (χ1n) is 6.06. The van der Waals surface area contributed by atoms with Crippen LogP contribution in [0.5, 0.6) is 0 Å². The fourth-order valence-corrected chi connectivity index (χ4v) is 2.39. The third-order valence-electron chi connectivity index (χ3n) is 3.59. The highest BCUT2D eigenvalue weighted by Crippen LogP contribution is 2.38. The predicted molar refractivity (Wildman–Crippen MR) is 65.4 cm³/mol. The molecule has 1 heterocycles. The Kier molecular flexibility index (Phi) is 2.67. The van der Waals surface area contributed by atoms with E-state index in [1.165, 1.54) is 6.07 Å². The van der Waals surface area contributed by atoms with Gasteiger partial charge >= 0.3 is 6.18 Å². The lowest BCUT2D eigenvalue weighted by molar-refractivity contribution is -0.137. The number of anilines is 1. The van der Waals surface area contributed by atoms with Crippen molar-refractivity contribution in [3.8, 4) is 0 Å². The van der Waals surface area contributed by atoms with Crippen LogP contribution >= 0.6 is 0 Å². The molecule has 0 unspecified atom stereocenters. The van der Waals surface area contributed by atoms with Gasteiger partial charge in [0.1, 0.15) is 0 Å². The number of hydrogen-bond acceptors (Lipinski definition) is 3. The minimum atomic E-state index is -4.36. The molecule has 0 atom stereocenters. The van der Waals surface area contributed by atoms with E-state index in [1.54, 1.807) is 0 Å². The molecule has 1 aliphatic carbocycles. The Hall–Kier alpha value is -1.76. The lowest BCUT2D eigenvalue weighted by Crippen LogP contribution is -2.21. The van der Waals surface area contributed by atoms with Gasteiger partial charge in [0.15, 0.2) is 0 Å². The highest BCUT2D eigenvalue weighted by atomic mass is 19.4. The third kappa shape index (κ3) is 1.94. The minimum absolute atomic E-state index is 0.271. The molecule has 4 nitrogen and oxygen atoms in total. The first kappa shape index (κ1) is 12.3. The number of benzene rings is 1. The van der Waals surface area contributed by atoms with Gasteiger partial charge in [-0.15, -0.1) is 0 Å². The van der Waals surface area contributed by atoms with Crippen LogP contribution in [0.2, 0.25) is 0 Å². The van der Waals surface area contributed by atoms with Crippen LogP contribution in [0.25, 0.3) is 11.0 Å². The number of nitrogens with zero attached hydrogens (tertiary/aromatic N) is 2. The molecule has 19 heavy (non-hydrogen) atoms. The number of aromatic nitrogens is 2. The van der Waals surface area contributed by atoms with Crippen LogP contribution in [0.3, 0.4) is 0 Å². The molecule has 3 rings (SSSR count). The molecule has 1 aromatic heterocycles. The van der Waals surface area contributed by atoms with E-state index in [0.717, 1.165) is 31.4 Å². The molecule has 102 valence electrons. The summed E-state index contributed by atoms with van der Waals surface area (Å²) in [6, 6.07) is 3.88. The molecular formula is C12H13F3N4. The Morgan fingerprint density at radius 2 is 2.05 bits per heavy atom. The Morgan fingerprint density at radius 3 is 2.58 bits per heavy atom. The maximum absolute atomic E-state index is 12.7. The fourth-order valence-electron chi connectivity index (χ4n) is 2.39. The van der Waals surface area contributed by atoms with Crippen molar-refractivity contribution in [2.75, 3.05) is 5.43 Å². The van der Waals surface area contributed by atoms with E-state index in [9.17, 15) is 13.2 Å². The molecule has 3 N–H and O–H groups in total. The maximum atomic E-state index is 12.7. The predicted octanol–water partition coefficient (Wildman–Crippen LogP) is 3.07. The van der Waals surface area contributed by atoms with Crippen molar-refractivity contribution < 1.29 is 13.2 Å². The van der Waals surface area contributed by atoms with Gasteiger partial charge in [-0.25, -0.2) is 10.8 Å². The SMILES string of the molecule is NNc1nc2cc(C(F)(F)F)ccc2n1C1CCC1. The van der Waals surface area contributed by atoms with Crippen molar-refractivity contribution in [1.29, 1.82) is 0 Å². The molecule has 1 fully saturated rings. The van der Waals surface area contributed by atoms with Gasteiger partial charge in [-0.3, -0.25) is 5.43 Å². The van der Waals surface area contributed by atoms with Crippen LogP contribution < -0.4 is 11.3 Å². The summed E-state index contributed by atoms with van der Waals surface area (Å²) >= 11 is 0. The van der Waals surface area contributed by atoms with Crippen LogP contribution in [0.15, 0.2) is 18.2 Å². The summed E-state index contributed by atoms with van der Waals surface area (Å²) in [5.41, 5.74) is 2.77. The van der Waals surface area contributed by atoms with Crippen LogP contribution in [-0.2, 0) is 6.18 Å². The smallest absolute Gasteiger partial charge is 0.306 e. The highest BCUT2D eigenvalue weighted by Gasteiger charge is 2.32. The van der Waals surface area contributed by atoms with Crippen molar-refractivity contribution in [1.82, 2.24) is 9.55 Å². The molecule has 0 amide bonds. The largest absolute Gasteiger partial charge is 0.416 e. The average molecular weight is 270 g/mol. The highest BCUT2D eigenvalue weighted by molar-refractivity contribution is 5.79. The van der Waals surface area contributed by atoms with E-state index in [2.05, 4.69) is 10.4 Å². The molecule has 0 aliphatic heterocycles. The third-order valence-corrected chi connectivity index (χ3v) is 3.59. The Labute approximate surface area is 107 Å². The molecule has 0 bridgehead atoms. The molecule has 2 aromatic rings. The number of nitrogens with one attached hydrogen (secondary N) is 1. The standard InChI is InChI=1S/C12H13F3N4/c13-12(14,15)7-4-5-10-9(6-7)17-11(18-16)19(10)8-2-1-3-8/h4-6,8H,1-3,16H2,(H,17,18). The second-order valence-corrected chi connectivity index (χ2v) is 4.74. The summed E-state index contributed by atoms with van der Waals surface area (Å²) in [6.45, 7) is 0. The van der Waals surface area contributed by atoms with Crippen LogP contribution in [-0.4, -0.2) is 9.55 Å². The zero-order valence-electron chi connectivity index (χ0n) is 10.0. The monoisotopic (exact) mass is 270 g/mol.